The number of carbonyl (C=O) groups excluding carboxylic acids is 3. The summed E-state index contributed by atoms with van der Waals surface area (Å²) in [5.74, 6) is -1.01. The molecule has 34 heavy (non-hydrogen) atoms. The third-order valence-corrected chi connectivity index (χ3v) is 7.41. The first-order chi connectivity index (χ1) is 16.0. The van der Waals surface area contributed by atoms with Crippen molar-refractivity contribution in [3.05, 3.63) is 68.6 Å². The maximum absolute atomic E-state index is 12.9. The van der Waals surface area contributed by atoms with Gasteiger partial charge in [0.2, 0.25) is 5.91 Å². The highest BCUT2D eigenvalue weighted by molar-refractivity contribution is 8.18. The van der Waals surface area contributed by atoms with Gasteiger partial charge in [-0.1, -0.05) is 29.3 Å². The Labute approximate surface area is 212 Å². The second-order valence-electron chi connectivity index (χ2n) is 8.75. The molecule has 2 aliphatic rings. The number of hydrogen-bond donors (Lipinski definition) is 1. The number of likely N-dealkylation sites (N-methyl/N-ethyl adjacent to an activating group) is 1. The summed E-state index contributed by atoms with van der Waals surface area (Å²) in [5.41, 5.74) is 4.12. The van der Waals surface area contributed by atoms with Gasteiger partial charge >= 0.3 is 0 Å². The zero-order valence-corrected chi connectivity index (χ0v) is 21.4. The number of hydrogen-bond acceptors (Lipinski definition) is 5. The highest BCUT2D eigenvalue weighted by Crippen LogP contribution is 2.42. The first-order valence-electron chi connectivity index (χ1n) is 10.5. The predicted molar refractivity (Wildman–Crippen MR) is 140 cm³/mol. The van der Waals surface area contributed by atoms with Gasteiger partial charge in [-0.3, -0.25) is 19.3 Å². The van der Waals surface area contributed by atoms with E-state index in [-0.39, 0.29) is 17.0 Å². The molecule has 176 valence electrons. The van der Waals surface area contributed by atoms with Gasteiger partial charge in [-0.15, -0.1) is 0 Å². The number of halogens is 2. The number of amides is 3. The van der Waals surface area contributed by atoms with Gasteiger partial charge in [-0.05, 0) is 86.1 Å². The van der Waals surface area contributed by atoms with E-state index in [9.17, 15) is 14.4 Å². The molecule has 6 nitrogen and oxygen atoms in total. The zero-order chi connectivity index (χ0) is 24.8. The Bertz CT molecular complexity index is 1270. The fourth-order valence-electron chi connectivity index (χ4n) is 3.95. The lowest BCUT2D eigenvalue weighted by molar-refractivity contribution is -0.127. The lowest BCUT2D eigenvalue weighted by Gasteiger charge is -2.40. The summed E-state index contributed by atoms with van der Waals surface area (Å²) in [6.07, 6.45) is 3.79. The third kappa shape index (κ3) is 4.73. The van der Waals surface area contributed by atoms with Crippen LogP contribution in [0.4, 0.5) is 16.2 Å². The SMILES string of the molecule is CC1=CC(C)(C)N(C)c2cc(Cl)c(/C=C3\SC(=O)N(CC(=O)Nc4ccc(Cl)cc4)C3=O)cc21. The Morgan fingerprint density at radius 1 is 1.15 bits per heavy atom. The number of rotatable bonds is 4. The van der Waals surface area contributed by atoms with Crippen LogP contribution in [-0.4, -0.2) is 41.1 Å². The topological polar surface area (TPSA) is 69.7 Å². The highest BCUT2D eigenvalue weighted by atomic mass is 35.5. The van der Waals surface area contributed by atoms with Crippen molar-refractivity contribution in [2.45, 2.75) is 26.3 Å². The van der Waals surface area contributed by atoms with Crippen LogP contribution in [0.3, 0.4) is 0 Å². The smallest absolute Gasteiger partial charge is 0.294 e. The van der Waals surface area contributed by atoms with Crippen LogP contribution >= 0.6 is 35.0 Å². The summed E-state index contributed by atoms with van der Waals surface area (Å²) in [7, 11) is 2.01. The minimum Gasteiger partial charge on any atom is -0.365 e. The molecule has 1 N–H and O–H groups in total. The molecule has 0 spiro atoms. The molecule has 3 amide bonds. The van der Waals surface area contributed by atoms with Crippen LogP contribution < -0.4 is 10.2 Å². The molecule has 0 atom stereocenters. The van der Waals surface area contributed by atoms with Gasteiger partial charge in [0.1, 0.15) is 6.54 Å². The van der Waals surface area contributed by atoms with Gasteiger partial charge in [0, 0.05) is 34.0 Å². The maximum atomic E-state index is 12.9. The van der Waals surface area contributed by atoms with E-state index in [1.807, 2.05) is 26.1 Å². The Balaban J connectivity index is 1.55. The van der Waals surface area contributed by atoms with Gasteiger partial charge in [-0.25, -0.2) is 0 Å². The average Bonchev–Trinajstić information content (AvgIpc) is 3.02. The van der Waals surface area contributed by atoms with Crippen LogP contribution in [0.15, 0.2) is 47.4 Å². The maximum Gasteiger partial charge on any atom is 0.294 e. The Hall–Kier alpha value is -2.74. The third-order valence-electron chi connectivity index (χ3n) is 5.93. The molecule has 4 rings (SSSR count). The molecule has 2 aliphatic heterocycles. The summed E-state index contributed by atoms with van der Waals surface area (Å²) in [6.45, 7) is 5.91. The van der Waals surface area contributed by atoms with Crippen molar-refractivity contribution >= 4 is 75.0 Å². The lowest BCUT2D eigenvalue weighted by Crippen LogP contribution is -2.42. The fraction of sp³-hybridized carbons (Fsp3) is 0.240. The van der Waals surface area contributed by atoms with Crippen LogP contribution in [-0.2, 0) is 9.59 Å². The molecule has 2 aromatic carbocycles. The normalized spacial score (nSPS) is 18.3. The Kier molecular flexibility index (Phi) is 6.55. The van der Waals surface area contributed by atoms with Crippen molar-refractivity contribution in [3.8, 4) is 0 Å². The molecule has 0 bridgehead atoms. The van der Waals surface area contributed by atoms with E-state index in [0.717, 1.165) is 33.5 Å². The monoisotopic (exact) mass is 515 g/mol. The molecule has 0 aliphatic carbocycles. The molecule has 1 fully saturated rings. The van der Waals surface area contributed by atoms with Crippen molar-refractivity contribution in [2.24, 2.45) is 0 Å². The molecular weight excluding hydrogens is 493 g/mol. The van der Waals surface area contributed by atoms with E-state index in [1.165, 1.54) is 0 Å². The van der Waals surface area contributed by atoms with E-state index in [1.54, 1.807) is 30.3 Å². The lowest BCUT2D eigenvalue weighted by atomic mass is 9.88. The van der Waals surface area contributed by atoms with Crippen molar-refractivity contribution in [2.75, 3.05) is 23.8 Å². The van der Waals surface area contributed by atoms with E-state index >= 15 is 0 Å². The van der Waals surface area contributed by atoms with Crippen molar-refractivity contribution in [1.29, 1.82) is 0 Å². The Morgan fingerprint density at radius 3 is 2.50 bits per heavy atom. The quantitative estimate of drug-likeness (QED) is 0.483. The van der Waals surface area contributed by atoms with E-state index in [2.05, 4.69) is 30.1 Å². The predicted octanol–water partition coefficient (Wildman–Crippen LogP) is 6.30. The number of nitrogens with zero attached hydrogens (tertiary/aromatic N) is 2. The number of anilines is 2. The van der Waals surface area contributed by atoms with Crippen LogP contribution in [0.2, 0.25) is 10.0 Å². The van der Waals surface area contributed by atoms with Crippen LogP contribution in [0, 0.1) is 0 Å². The van der Waals surface area contributed by atoms with Gasteiger partial charge < -0.3 is 10.2 Å². The molecule has 2 heterocycles. The second-order valence-corrected chi connectivity index (χ2v) is 10.6. The number of benzene rings is 2. The number of thioether (sulfide) groups is 1. The Morgan fingerprint density at radius 2 is 1.82 bits per heavy atom. The number of carbonyl (C=O) groups is 3. The van der Waals surface area contributed by atoms with Gasteiger partial charge in [0.05, 0.1) is 10.4 Å². The van der Waals surface area contributed by atoms with Crippen LogP contribution in [0.1, 0.15) is 31.9 Å². The molecule has 0 unspecified atom stereocenters. The first-order valence-corrected chi connectivity index (χ1v) is 12.1. The second kappa shape index (κ2) is 9.13. The van der Waals surface area contributed by atoms with Crippen molar-refractivity contribution < 1.29 is 14.4 Å². The largest absolute Gasteiger partial charge is 0.365 e. The van der Waals surface area contributed by atoms with E-state index < -0.39 is 17.1 Å². The fourth-order valence-corrected chi connectivity index (χ4v) is 5.12. The summed E-state index contributed by atoms with van der Waals surface area (Å²) in [4.78, 5) is 41.1. The average molecular weight is 516 g/mol. The molecule has 0 saturated carbocycles. The summed E-state index contributed by atoms with van der Waals surface area (Å²) in [6, 6.07) is 10.4. The minimum absolute atomic E-state index is 0.156. The summed E-state index contributed by atoms with van der Waals surface area (Å²) < 4.78 is 0. The van der Waals surface area contributed by atoms with Crippen LogP contribution in [0.5, 0.6) is 0 Å². The van der Waals surface area contributed by atoms with E-state index in [0.29, 0.717) is 21.3 Å². The van der Waals surface area contributed by atoms with E-state index in [4.69, 9.17) is 23.2 Å². The molecule has 0 radical (unpaired) electrons. The summed E-state index contributed by atoms with van der Waals surface area (Å²) >= 11 is 13.2. The number of fused-ring (bicyclic) bond motifs is 1. The van der Waals surface area contributed by atoms with Gasteiger partial charge in [0.15, 0.2) is 0 Å². The molecule has 0 aromatic heterocycles. The number of imide groups is 1. The zero-order valence-electron chi connectivity index (χ0n) is 19.1. The van der Waals surface area contributed by atoms with Crippen molar-refractivity contribution in [1.82, 2.24) is 4.90 Å². The molecule has 9 heteroatoms. The van der Waals surface area contributed by atoms with Gasteiger partial charge in [0.25, 0.3) is 11.1 Å². The van der Waals surface area contributed by atoms with Gasteiger partial charge in [-0.2, -0.15) is 0 Å². The molecule has 2 aromatic rings. The standard InChI is InChI=1S/C25H23Cl2N3O3S/c1-14-12-25(2,3)29(4)20-11-19(27)15(9-18(14)20)10-21-23(32)30(24(33)34-21)13-22(31)28-17-7-5-16(26)6-8-17/h5-12H,13H2,1-4H3,(H,28,31)/b21-10-. The first kappa shape index (κ1) is 24.4. The molecular formula is C25H23Cl2N3O3S. The summed E-state index contributed by atoms with van der Waals surface area (Å²) in [5, 5.41) is 3.16. The van der Waals surface area contributed by atoms with Crippen LogP contribution in [0.25, 0.3) is 11.6 Å². The molecule has 1 saturated heterocycles. The number of allylic oxidation sites excluding steroid dienone is 1. The minimum atomic E-state index is -0.527. The highest BCUT2D eigenvalue weighted by Gasteiger charge is 2.37. The van der Waals surface area contributed by atoms with Crippen molar-refractivity contribution in [3.63, 3.8) is 0 Å². The number of nitrogens with one attached hydrogen (secondary N) is 1.